The molecule has 2 atom stereocenters. The van der Waals surface area contributed by atoms with Crippen molar-refractivity contribution in [2.24, 2.45) is 11.8 Å². The van der Waals surface area contributed by atoms with Gasteiger partial charge in [0.05, 0.1) is 0 Å². The summed E-state index contributed by atoms with van der Waals surface area (Å²) < 4.78 is 0. The van der Waals surface area contributed by atoms with Crippen LogP contribution in [0.2, 0.25) is 0 Å². The zero-order valence-corrected chi connectivity index (χ0v) is 12.0. The van der Waals surface area contributed by atoms with Crippen LogP contribution >= 0.6 is 0 Å². The highest BCUT2D eigenvalue weighted by molar-refractivity contribution is 5.67. The maximum atomic E-state index is 10.9. The third kappa shape index (κ3) is 4.75. The minimum Gasteiger partial charge on any atom is -0.481 e. The Labute approximate surface area is 115 Å². The molecule has 2 saturated heterocycles. The number of carboxylic acid groups (broad SMARTS) is 1. The largest absolute Gasteiger partial charge is 0.481 e. The van der Waals surface area contributed by atoms with Crippen LogP contribution in [0.3, 0.4) is 0 Å². The average Bonchev–Trinajstić information content (AvgIpc) is 2.39. The molecule has 0 aromatic carbocycles. The molecule has 2 rings (SSSR count). The highest BCUT2D eigenvalue weighted by atomic mass is 16.4. The monoisotopic (exact) mass is 269 g/mol. The second-order valence-corrected chi connectivity index (χ2v) is 6.04. The van der Waals surface area contributed by atoms with Gasteiger partial charge in [0.1, 0.15) is 0 Å². The van der Waals surface area contributed by atoms with E-state index in [1.807, 2.05) is 0 Å². The molecule has 0 aromatic rings. The van der Waals surface area contributed by atoms with Crippen LogP contribution in [0.1, 0.15) is 19.3 Å². The Morgan fingerprint density at radius 2 is 2.00 bits per heavy atom. The van der Waals surface area contributed by atoms with Gasteiger partial charge in [-0.15, -0.1) is 0 Å². The lowest BCUT2D eigenvalue weighted by atomic mass is 9.82. The Kier molecular flexibility index (Phi) is 5.60. The van der Waals surface area contributed by atoms with Gasteiger partial charge < -0.3 is 20.2 Å². The van der Waals surface area contributed by atoms with E-state index in [4.69, 9.17) is 5.11 Å². The summed E-state index contributed by atoms with van der Waals surface area (Å²) in [4.78, 5) is 15.8. The summed E-state index contributed by atoms with van der Waals surface area (Å²) in [5, 5.41) is 12.4. The summed E-state index contributed by atoms with van der Waals surface area (Å²) in [6.45, 7) is 7.70. The van der Waals surface area contributed by atoms with Crippen LogP contribution in [0.15, 0.2) is 0 Å². The van der Waals surface area contributed by atoms with E-state index in [0.29, 0.717) is 18.3 Å². The van der Waals surface area contributed by atoms with E-state index in [-0.39, 0.29) is 0 Å². The summed E-state index contributed by atoms with van der Waals surface area (Å²) in [6.07, 6.45) is 2.49. The Balaban J connectivity index is 1.74. The number of aliphatic carboxylic acids is 1. The third-order valence-corrected chi connectivity index (χ3v) is 4.61. The molecule has 2 aliphatic heterocycles. The Hall–Kier alpha value is -0.650. The van der Waals surface area contributed by atoms with Crippen LogP contribution in [-0.2, 0) is 4.79 Å². The first kappa shape index (κ1) is 14.8. The van der Waals surface area contributed by atoms with Crippen molar-refractivity contribution < 1.29 is 9.90 Å². The van der Waals surface area contributed by atoms with E-state index < -0.39 is 5.97 Å². The lowest BCUT2D eigenvalue weighted by Gasteiger charge is -2.36. The van der Waals surface area contributed by atoms with Crippen LogP contribution in [0.25, 0.3) is 0 Å². The van der Waals surface area contributed by atoms with Crippen LogP contribution in [-0.4, -0.2) is 73.7 Å². The summed E-state index contributed by atoms with van der Waals surface area (Å²) >= 11 is 0. The van der Waals surface area contributed by atoms with Crippen molar-refractivity contribution in [3.63, 3.8) is 0 Å². The average molecular weight is 269 g/mol. The Bertz CT molecular complexity index is 290. The highest BCUT2D eigenvalue weighted by Crippen LogP contribution is 2.25. The number of nitrogens with one attached hydrogen (secondary N) is 1. The fourth-order valence-electron chi connectivity index (χ4n) is 3.23. The molecule has 0 radical (unpaired) electrons. The molecule has 0 spiro atoms. The number of hydrogen-bond acceptors (Lipinski definition) is 4. The van der Waals surface area contributed by atoms with Crippen molar-refractivity contribution in [2.75, 3.05) is 52.9 Å². The summed E-state index contributed by atoms with van der Waals surface area (Å²) in [5.74, 6) is 0.257. The number of carbonyl (C=O) groups is 1. The van der Waals surface area contributed by atoms with Gasteiger partial charge in [0.25, 0.3) is 0 Å². The van der Waals surface area contributed by atoms with Gasteiger partial charge in [-0.1, -0.05) is 0 Å². The Morgan fingerprint density at radius 1 is 1.26 bits per heavy atom. The Morgan fingerprint density at radius 3 is 2.68 bits per heavy atom. The molecule has 2 fully saturated rings. The highest BCUT2D eigenvalue weighted by Gasteiger charge is 2.27. The maximum Gasteiger partial charge on any atom is 0.303 e. The number of nitrogens with zero attached hydrogens (tertiary/aromatic N) is 2. The lowest BCUT2D eigenvalue weighted by Crippen LogP contribution is -2.46. The third-order valence-electron chi connectivity index (χ3n) is 4.61. The molecule has 0 aliphatic carbocycles. The van der Waals surface area contributed by atoms with Gasteiger partial charge in [0, 0.05) is 32.6 Å². The van der Waals surface area contributed by atoms with E-state index in [0.717, 1.165) is 58.7 Å². The van der Waals surface area contributed by atoms with Gasteiger partial charge >= 0.3 is 5.97 Å². The quantitative estimate of drug-likeness (QED) is 0.753. The van der Waals surface area contributed by atoms with Crippen LogP contribution in [0.4, 0.5) is 0 Å². The zero-order valence-electron chi connectivity index (χ0n) is 12.0. The standard InChI is InChI=1S/C14H27N3O2/c1-16-6-8-17(9-7-16)5-3-13-11-15-4-2-12(13)10-14(18)19/h12-13,15H,2-11H2,1H3,(H,18,19)/t12-,13-/m1/s1. The minimum absolute atomic E-state index is 0.342. The van der Waals surface area contributed by atoms with Crippen LogP contribution in [0, 0.1) is 11.8 Å². The molecular weight excluding hydrogens is 242 g/mol. The molecule has 110 valence electrons. The van der Waals surface area contributed by atoms with Crippen molar-refractivity contribution in [1.29, 1.82) is 0 Å². The van der Waals surface area contributed by atoms with Crippen molar-refractivity contribution >= 4 is 5.97 Å². The number of rotatable bonds is 5. The first-order chi connectivity index (χ1) is 9.15. The van der Waals surface area contributed by atoms with Crippen molar-refractivity contribution in [1.82, 2.24) is 15.1 Å². The lowest BCUT2D eigenvalue weighted by molar-refractivity contribution is -0.138. The molecule has 0 bridgehead atoms. The second-order valence-electron chi connectivity index (χ2n) is 6.04. The smallest absolute Gasteiger partial charge is 0.303 e. The molecule has 0 amide bonds. The van der Waals surface area contributed by atoms with Gasteiger partial charge in [0.2, 0.25) is 0 Å². The number of piperidine rings is 1. The SMILES string of the molecule is CN1CCN(CC[C@@H]2CNCC[C@@H]2CC(=O)O)CC1. The fraction of sp³-hybridized carbons (Fsp3) is 0.929. The normalized spacial score (nSPS) is 30.4. The summed E-state index contributed by atoms with van der Waals surface area (Å²) in [6, 6.07) is 0. The van der Waals surface area contributed by atoms with Crippen molar-refractivity contribution in [3.05, 3.63) is 0 Å². The number of likely N-dealkylation sites (N-methyl/N-ethyl adjacent to an activating group) is 1. The first-order valence-corrected chi connectivity index (χ1v) is 7.48. The molecule has 2 aliphatic rings. The summed E-state index contributed by atoms with van der Waals surface area (Å²) in [5.41, 5.74) is 0. The van der Waals surface area contributed by atoms with E-state index in [9.17, 15) is 4.79 Å². The first-order valence-electron chi connectivity index (χ1n) is 7.48. The number of carboxylic acids is 1. The van der Waals surface area contributed by atoms with E-state index in [1.54, 1.807) is 0 Å². The van der Waals surface area contributed by atoms with E-state index >= 15 is 0 Å². The minimum atomic E-state index is -0.642. The molecule has 0 saturated carbocycles. The molecule has 0 unspecified atom stereocenters. The predicted octanol–water partition coefficient (Wildman–Crippen LogP) is 0.324. The molecule has 5 heteroatoms. The predicted molar refractivity (Wildman–Crippen MR) is 75.3 cm³/mol. The van der Waals surface area contributed by atoms with Gasteiger partial charge in [-0.25, -0.2) is 0 Å². The molecule has 0 aromatic heterocycles. The van der Waals surface area contributed by atoms with Crippen LogP contribution < -0.4 is 5.32 Å². The number of hydrogen-bond donors (Lipinski definition) is 2. The van der Waals surface area contributed by atoms with E-state index in [1.165, 1.54) is 0 Å². The maximum absolute atomic E-state index is 10.9. The molecule has 2 heterocycles. The molecule has 2 N–H and O–H groups in total. The topological polar surface area (TPSA) is 55.8 Å². The molecule has 5 nitrogen and oxygen atoms in total. The van der Waals surface area contributed by atoms with Gasteiger partial charge in [-0.05, 0) is 51.4 Å². The van der Waals surface area contributed by atoms with Crippen LogP contribution in [0.5, 0.6) is 0 Å². The van der Waals surface area contributed by atoms with Crippen molar-refractivity contribution in [3.8, 4) is 0 Å². The van der Waals surface area contributed by atoms with Crippen molar-refractivity contribution in [2.45, 2.75) is 19.3 Å². The summed E-state index contributed by atoms with van der Waals surface area (Å²) in [7, 11) is 2.17. The van der Waals surface area contributed by atoms with Gasteiger partial charge in [-0.3, -0.25) is 4.79 Å². The molecule has 19 heavy (non-hydrogen) atoms. The molecular formula is C14H27N3O2. The number of piperazine rings is 1. The zero-order chi connectivity index (χ0) is 13.7. The van der Waals surface area contributed by atoms with Gasteiger partial charge in [-0.2, -0.15) is 0 Å². The van der Waals surface area contributed by atoms with E-state index in [2.05, 4.69) is 22.2 Å². The second kappa shape index (κ2) is 7.22. The van der Waals surface area contributed by atoms with Gasteiger partial charge in [0.15, 0.2) is 0 Å². The fourth-order valence-corrected chi connectivity index (χ4v) is 3.23.